The predicted molar refractivity (Wildman–Crippen MR) is 134 cm³/mol. The van der Waals surface area contributed by atoms with E-state index in [1.807, 2.05) is 36.4 Å². The van der Waals surface area contributed by atoms with Gasteiger partial charge < -0.3 is 10.1 Å². The van der Waals surface area contributed by atoms with Crippen LogP contribution in [0, 0.1) is 0 Å². The number of likely N-dealkylation sites (N-methyl/N-ethyl adjacent to an activating group) is 1. The summed E-state index contributed by atoms with van der Waals surface area (Å²) >= 11 is 12.3. The van der Waals surface area contributed by atoms with Crippen molar-refractivity contribution in [2.24, 2.45) is 0 Å². The van der Waals surface area contributed by atoms with Gasteiger partial charge in [-0.05, 0) is 59.9 Å². The zero-order valence-electron chi connectivity index (χ0n) is 19.3. The maximum atomic E-state index is 12.9. The molecule has 0 radical (unpaired) electrons. The minimum atomic E-state index is -4.47. The number of halogens is 5. The highest BCUT2D eigenvalue weighted by atomic mass is 35.5. The third-order valence-electron chi connectivity index (χ3n) is 5.66. The van der Waals surface area contributed by atoms with Gasteiger partial charge in [-0.25, -0.2) is 0 Å². The minimum Gasteiger partial charge on any atom is -0.495 e. The van der Waals surface area contributed by atoms with Crippen molar-refractivity contribution in [1.29, 1.82) is 0 Å². The first-order valence-electron chi connectivity index (χ1n) is 10.9. The fourth-order valence-electron chi connectivity index (χ4n) is 3.69. The van der Waals surface area contributed by atoms with Crippen molar-refractivity contribution in [1.82, 2.24) is 15.6 Å². The Morgan fingerprint density at radius 1 is 1.06 bits per heavy atom. The van der Waals surface area contributed by atoms with Gasteiger partial charge in [0.25, 0.3) is 0 Å². The molecule has 2 unspecified atom stereocenters. The van der Waals surface area contributed by atoms with Crippen LogP contribution in [0.25, 0.3) is 0 Å². The molecule has 0 saturated carbocycles. The number of nitrogens with one attached hydrogen (secondary N) is 2. The van der Waals surface area contributed by atoms with Crippen molar-refractivity contribution in [3.05, 3.63) is 105 Å². The SMILES string of the molecule is C=C(NC)C(NC(CCc1ccc(C(F)(F)F)nc1)c1ccc(Cl)c(OC)c1)c1ccc(Cl)cc1. The smallest absolute Gasteiger partial charge is 0.433 e. The van der Waals surface area contributed by atoms with E-state index in [2.05, 4.69) is 22.2 Å². The van der Waals surface area contributed by atoms with Crippen molar-refractivity contribution in [3.8, 4) is 5.75 Å². The van der Waals surface area contributed by atoms with Crippen LogP contribution in [0.15, 0.2) is 73.1 Å². The second kappa shape index (κ2) is 11.8. The molecule has 0 fully saturated rings. The molecule has 9 heteroatoms. The van der Waals surface area contributed by atoms with Crippen LogP contribution < -0.4 is 15.4 Å². The van der Waals surface area contributed by atoms with E-state index in [1.165, 1.54) is 12.3 Å². The Morgan fingerprint density at radius 2 is 1.74 bits per heavy atom. The van der Waals surface area contributed by atoms with Crippen molar-refractivity contribution >= 4 is 23.2 Å². The summed E-state index contributed by atoms with van der Waals surface area (Å²) in [5.41, 5.74) is 2.40. The minimum absolute atomic E-state index is 0.214. The van der Waals surface area contributed by atoms with Gasteiger partial charge in [0, 0.05) is 30.0 Å². The first-order chi connectivity index (χ1) is 16.6. The van der Waals surface area contributed by atoms with Gasteiger partial charge in [-0.1, -0.05) is 54.0 Å². The lowest BCUT2D eigenvalue weighted by molar-refractivity contribution is -0.141. The molecule has 186 valence electrons. The number of hydrogen-bond acceptors (Lipinski definition) is 4. The summed E-state index contributed by atoms with van der Waals surface area (Å²) in [4.78, 5) is 3.58. The summed E-state index contributed by atoms with van der Waals surface area (Å²) in [5, 5.41) is 7.84. The summed E-state index contributed by atoms with van der Waals surface area (Å²) in [6.45, 7) is 4.15. The van der Waals surface area contributed by atoms with Crippen LogP contribution >= 0.6 is 23.2 Å². The van der Waals surface area contributed by atoms with E-state index >= 15 is 0 Å². The molecular formula is C26H26Cl2F3N3O. The third-order valence-corrected chi connectivity index (χ3v) is 6.22. The summed E-state index contributed by atoms with van der Waals surface area (Å²) in [6.07, 6.45) is -2.14. The molecule has 2 N–H and O–H groups in total. The van der Waals surface area contributed by atoms with E-state index in [0.29, 0.717) is 34.2 Å². The van der Waals surface area contributed by atoms with Crippen LogP contribution in [0.5, 0.6) is 5.75 Å². The molecule has 4 nitrogen and oxygen atoms in total. The van der Waals surface area contributed by atoms with Crippen LogP contribution in [0.2, 0.25) is 10.0 Å². The molecule has 0 spiro atoms. The van der Waals surface area contributed by atoms with E-state index in [9.17, 15) is 13.2 Å². The van der Waals surface area contributed by atoms with Crippen LogP contribution in [0.1, 0.15) is 40.9 Å². The topological polar surface area (TPSA) is 46.2 Å². The normalized spacial score (nSPS) is 13.2. The first kappa shape index (κ1) is 26.9. The number of aromatic nitrogens is 1. The molecule has 0 aliphatic carbocycles. The summed E-state index contributed by atoms with van der Waals surface area (Å²) in [6, 6.07) is 14.9. The Balaban J connectivity index is 1.91. The molecule has 0 bridgehead atoms. The van der Waals surface area contributed by atoms with E-state index < -0.39 is 11.9 Å². The molecule has 3 aromatic rings. The Hall–Kier alpha value is -2.74. The van der Waals surface area contributed by atoms with Gasteiger partial charge in [-0.3, -0.25) is 10.3 Å². The standard InChI is InChI=1S/C26H26Cl2F3N3O/c1-16(32-2)25(18-6-9-20(27)10-7-18)34-22(19-8-11-21(28)23(14-19)35-3)12-4-17-5-13-24(33-15-17)26(29,30)31/h5-11,13-15,22,25,32,34H,1,4,12H2,2-3H3. The van der Waals surface area contributed by atoms with Gasteiger partial charge in [-0.15, -0.1) is 0 Å². The maximum Gasteiger partial charge on any atom is 0.433 e. The van der Waals surface area contributed by atoms with Gasteiger partial charge in [0.1, 0.15) is 11.4 Å². The third kappa shape index (κ3) is 7.13. The van der Waals surface area contributed by atoms with E-state index in [-0.39, 0.29) is 12.1 Å². The Labute approximate surface area is 213 Å². The Kier molecular flexibility index (Phi) is 9.05. The van der Waals surface area contributed by atoms with Crippen LogP contribution in [-0.2, 0) is 12.6 Å². The van der Waals surface area contributed by atoms with Crippen LogP contribution in [0.3, 0.4) is 0 Å². The van der Waals surface area contributed by atoms with E-state index in [1.54, 1.807) is 20.2 Å². The fraction of sp³-hybridized carbons (Fsp3) is 0.269. The quantitative estimate of drug-likeness (QED) is 0.296. The van der Waals surface area contributed by atoms with Gasteiger partial charge in [-0.2, -0.15) is 13.2 Å². The van der Waals surface area contributed by atoms with Crippen LogP contribution in [-0.4, -0.2) is 19.1 Å². The average Bonchev–Trinajstić information content (AvgIpc) is 2.84. The lowest BCUT2D eigenvalue weighted by Crippen LogP contribution is -2.31. The molecule has 0 aliphatic rings. The number of methoxy groups -OCH3 is 1. The fourth-order valence-corrected chi connectivity index (χ4v) is 4.01. The highest BCUT2D eigenvalue weighted by Gasteiger charge is 2.32. The molecular weight excluding hydrogens is 498 g/mol. The van der Waals surface area contributed by atoms with Crippen molar-refractivity contribution in [2.45, 2.75) is 31.1 Å². The first-order valence-corrected chi connectivity index (χ1v) is 11.6. The Morgan fingerprint density at radius 3 is 2.31 bits per heavy atom. The number of ether oxygens (including phenoxy) is 1. The predicted octanol–water partition coefficient (Wildman–Crippen LogP) is 7.15. The zero-order valence-corrected chi connectivity index (χ0v) is 20.8. The Bertz CT molecular complexity index is 1140. The lowest BCUT2D eigenvalue weighted by Gasteiger charge is -2.28. The average molecular weight is 524 g/mol. The molecule has 35 heavy (non-hydrogen) atoms. The number of pyridine rings is 1. The number of rotatable bonds is 10. The second-order valence-corrected chi connectivity index (χ2v) is 8.80. The van der Waals surface area contributed by atoms with Crippen LogP contribution in [0.4, 0.5) is 13.2 Å². The molecule has 2 atom stereocenters. The van der Waals surface area contributed by atoms with Gasteiger partial charge in [0.05, 0.1) is 18.2 Å². The zero-order chi connectivity index (χ0) is 25.6. The van der Waals surface area contributed by atoms with Crippen molar-refractivity contribution in [3.63, 3.8) is 0 Å². The van der Waals surface area contributed by atoms with Crippen molar-refractivity contribution < 1.29 is 17.9 Å². The van der Waals surface area contributed by atoms with E-state index in [0.717, 1.165) is 22.9 Å². The summed E-state index contributed by atoms with van der Waals surface area (Å²) < 4.78 is 44.0. The highest BCUT2D eigenvalue weighted by Crippen LogP contribution is 2.33. The molecule has 2 aromatic carbocycles. The number of alkyl halides is 3. The van der Waals surface area contributed by atoms with Crippen molar-refractivity contribution in [2.75, 3.05) is 14.2 Å². The van der Waals surface area contributed by atoms with Gasteiger partial charge in [0.15, 0.2) is 0 Å². The highest BCUT2D eigenvalue weighted by molar-refractivity contribution is 6.32. The molecule has 1 aromatic heterocycles. The number of nitrogens with zero attached hydrogens (tertiary/aromatic N) is 1. The molecule has 0 saturated heterocycles. The second-order valence-electron chi connectivity index (χ2n) is 7.96. The monoisotopic (exact) mass is 523 g/mol. The summed E-state index contributed by atoms with van der Waals surface area (Å²) in [7, 11) is 3.34. The number of hydrogen-bond donors (Lipinski definition) is 2. The molecule has 0 aliphatic heterocycles. The largest absolute Gasteiger partial charge is 0.495 e. The molecule has 1 heterocycles. The molecule has 0 amide bonds. The number of aryl methyl sites for hydroxylation is 1. The lowest BCUT2D eigenvalue weighted by atomic mass is 9.96. The van der Waals surface area contributed by atoms with Gasteiger partial charge in [0.2, 0.25) is 0 Å². The maximum absolute atomic E-state index is 12.9. The van der Waals surface area contributed by atoms with Gasteiger partial charge >= 0.3 is 6.18 Å². The molecule has 3 rings (SSSR count). The van der Waals surface area contributed by atoms with E-state index in [4.69, 9.17) is 27.9 Å². The number of benzene rings is 2. The summed E-state index contributed by atoms with van der Waals surface area (Å²) in [5.74, 6) is 0.530.